The second-order valence-corrected chi connectivity index (χ2v) is 9.05. The van der Waals surface area contributed by atoms with E-state index in [-0.39, 0.29) is 17.0 Å². The largest absolute Gasteiger partial charge is 0.494 e. The van der Waals surface area contributed by atoms with Crippen molar-refractivity contribution in [1.29, 1.82) is 0 Å². The van der Waals surface area contributed by atoms with E-state index in [2.05, 4.69) is 24.9 Å². The van der Waals surface area contributed by atoms with E-state index >= 15 is 0 Å². The van der Waals surface area contributed by atoms with Crippen molar-refractivity contribution in [2.24, 2.45) is 5.41 Å². The van der Waals surface area contributed by atoms with Gasteiger partial charge in [0, 0.05) is 34.0 Å². The Morgan fingerprint density at radius 2 is 2.03 bits per heavy atom. The second kappa shape index (κ2) is 6.81. The van der Waals surface area contributed by atoms with Crippen LogP contribution < -0.4 is 4.74 Å². The topological polar surface area (TPSA) is 58.1 Å². The van der Waals surface area contributed by atoms with E-state index in [1.54, 1.807) is 6.07 Å². The van der Waals surface area contributed by atoms with E-state index < -0.39 is 6.10 Å². The number of nitrogens with zero attached hydrogens (tertiary/aromatic N) is 1. The maximum absolute atomic E-state index is 14.3. The zero-order chi connectivity index (χ0) is 21.0. The Morgan fingerprint density at radius 3 is 2.80 bits per heavy atom. The number of fused-ring (bicyclic) bond motifs is 5. The van der Waals surface area contributed by atoms with Crippen LogP contribution >= 0.6 is 0 Å². The first-order chi connectivity index (χ1) is 14.4. The van der Waals surface area contributed by atoms with Gasteiger partial charge in [-0.05, 0) is 42.0 Å². The number of hydrogen-bond acceptors (Lipinski definition) is 3. The van der Waals surface area contributed by atoms with Crippen LogP contribution in [0.3, 0.4) is 0 Å². The minimum Gasteiger partial charge on any atom is -0.494 e. The quantitative estimate of drug-likeness (QED) is 0.477. The normalized spacial score (nSPS) is 18.0. The Balaban J connectivity index is 1.74. The summed E-state index contributed by atoms with van der Waals surface area (Å²) in [4.78, 5) is 8.51. The molecule has 5 rings (SSSR count). The van der Waals surface area contributed by atoms with E-state index in [4.69, 9.17) is 9.72 Å². The van der Waals surface area contributed by atoms with E-state index in [0.29, 0.717) is 12.8 Å². The standard InChI is InChI=1S/C25H25FN2O2/c1-25(2)12-19-23(20(29)13-25)22-15-6-4-5-7-17(15)28-24(22)18(27-19)11-14-8-9-21(30-3)16(26)10-14/h4-10,20,28-29H,11-13H2,1-3H3. The molecule has 0 bridgehead atoms. The number of aliphatic hydroxyl groups is 1. The highest BCUT2D eigenvalue weighted by atomic mass is 19.1. The number of pyridine rings is 1. The van der Waals surface area contributed by atoms with Gasteiger partial charge in [-0.15, -0.1) is 0 Å². The Bertz CT molecular complexity index is 1280. The number of methoxy groups -OCH3 is 1. The van der Waals surface area contributed by atoms with Gasteiger partial charge in [-0.3, -0.25) is 4.98 Å². The lowest BCUT2D eigenvalue weighted by atomic mass is 9.74. The zero-order valence-corrected chi connectivity index (χ0v) is 17.4. The fraction of sp³-hybridized carbons (Fsp3) is 0.320. The lowest BCUT2D eigenvalue weighted by molar-refractivity contribution is 0.0997. The monoisotopic (exact) mass is 404 g/mol. The molecule has 0 amide bonds. The van der Waals surface area contributed by atoms with Crippen molar-refractivity contribution in [2.75, 3.05) is 7.11 Å². The van der Waals surface area contributed by atoms with Gasteiger partial charge in [-0.1, -0.05) is 38.1 Å². The molecule has 1 aliphatic rings. The second-order valence-electron chi connectivity index (χ2n) is 9.05. The van der Waals surface area contributed by atoms with Gasteiger partial charge in [-0.2, -0.15) is 0 Å². The van der Waals surface area contributed by atoms with Gasteiger partial charge < -0.3 is 14.8 Å². The summed E-state index contributed by atoms with van der Waals surface area (Å²) in [6, 6.07) is 13.2. The van der Waals surface area contributed by atoms with Crippen molar-refractivity contribution in [2.45, 2.75) is 39.2 Å². The Labute approximate surface area is 174 Å². The van der Waals surface area contributed by atoms with E-state index in [1.165, 1.54) is 13.2 Å². The molecular formula is C25H25FN2O2. The Hall–Kier alpha value is -2.92. The average Bonchev–Trinajstić information content (AvgIpc) is 3.07. The first-order valence-corrected chi connectivity index (χ1v) is 10.3. The van der Waals surface area contributed by atoms with Crippen LogP contribution in [0, 0.1) is 11.2 Å². The van der Waals surface area contributed by atoms with Crippen LogP contribution in [0.15, 0.2) is 42.5 Å². The van der Waals surface area contributed by atoms with Gasteiger partial charge in [0.2, 0.25) is 0 Å². The summed E-state index contributed by atoms with van der Waals surface area (Å²) >= 11 is 0. The number of benzene rings is 2. The minimum atomic E-state index is -0.551. The summed E-state index contributed by atoms with van der Waals surface area (Å²) in [5.41, 5.74) is 5.49. The number of nitrogens with one attached hydrogen (secondary N) is 1. The maximum atomic E-state index is 14.3. The third-order valence-corrected chi connectivity index (χ3v) is 6.16. The molecule has 2 heterocycles. The van der Waals surface area contributed by atoms with Gasteiger partial charge in [0.1, 0.15) is 0 Å². The number of aromatic nitrogens is 2. The first-order valence-electron chi connectivity index (χ1n) is 10.3. The minimum absolute atomic E-state index is 0.0251. The van der Waals surface area contributed by atoms with Crippen molar-refractivity contribution in [3.8, 4) is 5.75 Å². The molecule has 154 valence electrons. The SMILES string of the molecule is COc1ccc(Cc2nc3c(c4c2[nH]c2ccccc24)C(O)CC(C)(C)C3)cc1F. The molecular weight excluding hydrogens is 379 g/mol. The van der Waals surface area contributed by atoms with Crippen LogP contribution in [0.5, 0.6) is 5.75 Å². The van der Waals surface area contributed by atoms with Crippen LogP contribution in [0.4, 0.5) is 4.39 Å². The van der Waals surface area contributed by atoms with Gasteiger partial charge in [0.05, 0.1) is 24.4 Å². The van der Waals surface area contributed by atoms with Crippen molar-refractivity contribution >= 4 is 21.8 Å². The predicted octanol–water partition coefficient (Wildman–Crippen LogP) is 5.46. The Morgan fingerprint density at radius 1 is 1.23 bits per heavy atom. The molecule has 1 atom stereocenters. The van der Waals surface area contributed by atoms with Gasteiger partial charge in [-0.25, -0.2) is 4.39 Å². The summed E-state index contributed by atoms with van der Waals surface area (Å²) in [5, 5.41) is 13.2. The van der Waals surface area contributed by atoms with E-state index in [9.17, 15) is 9.50 Å². The van der Waals surface area contributed by atoms with Crippen LogP contribution in [-0.2, 0) is 12.8 Å². The van der Waals surface area contributed by atoms with Gasteiger partial charge >= 0.3 is 0 Å². The van der Waals surface area contributed by atoms with E-state index in [0.717, 1.165) is 50.7 Å². The highest BCUT2D eigenvalue weighted by molar-refractivity contribution is 6.10. The number of halogens is 1. The highest BCUT2D eigenvalue weighted by Crippen LogP contribution is 2.45. The summed E-state index contributed by atoms with van der Waals surface area (Å²) in [5.74, 6) is -0.143. The van der Waals surface area contributed by atoms with Crippen LogP contribution in [-0.4, -0.2) is 22.2 Å². The molecule has 2 aromatic heterocycles. The smallest absolute Gasteiger partial charge is 0.165 e. The number of rotatable bonds is 3. The zero-order valence-electron chi connectivity index (χ0n) is 17.4. The van der Waals surface area contributed by atoms with E-state index in [1.807, 2.05) is 24.3 Å². The third-order valence-electron chi connectivity index (χ3n) is 6.16. The first kappa shape index (κ1) is 19.1. The number of aromatic amines is 1. The number of H-pyrrole nitrogens is 1. The van der Waals surface area contributed by atoms with Crippen LogP contribution in [0.25, 0.3) is 21.8 Å². The molecule has 0 saturated carbocycles. The number of ether oxygens (including phenoxy) is 1. The van der Waals surface area contributed by atoms with Crippen molar-refractivity contribution < 1.29 is 14.2 Å². The van der Waals surface area contributed by atoms with Crippen LogP contribution in [0.2, 0.25) is 0 Å². The average molecular weight is 404 g/mol. The summed E-state index contributed by atoms with van der Waals surface area (Å²) in [7, 11) is 1.46. The molecule has 1 unspecified atom stereocenters. The van der Waals surface area contributed by atoms with Gasteiger partial charge in [0.15, 0.2) is 11.6 Å². The van der Waals surface area contributed by atoms with Crippen molar-refractivity contribution in [1.82, 2.24) is 9.97 Å². The molecule has 0 radical (unpaired) electrons. The van der Waals surface area contributed by atoms with Gasteiger partial charge in [0.25, 0.3) is 0 Å². The molecule has 0 spiro atoms. The van der Waals surface area contributed by atoms with Crippen molar-refractivity contribution in [3.63, 3.8) is 0 Å². The summed E-state index contributed by atoms with van der Waals surface area (Å²) < 4.78 is 19.3. The Kier molecular flexibility index (Phi) is 4.33. The molecule has 4 nitrogen and oxygen atoms in total. The molecule has 0 fully saturated rings. The lowest BCUT2D eigenvalue weighted by Crippen LogP contribution is -2.27. The molecule has 2 N–H and O–H groups in total. The molecule has 30 heavy (non-hydrogen) atoms. The molecule has 0 aliphatic heterocycles. The predicted molar refractivity (Wildman–Crippen MR) is 116 cm³/mol. The van der Waals surface area contributed by atoms with Crippen LogP contribution in [0.1, 0.15) is 48.9 Å². The number of aliphatic hydroxyl groups excluding tert-OH is 1. The lowest BCUT2D eigenvalue weighted by Gasteiger charge is -2.34. The number of para-hydroxylation sites is 1. The third kappa shape index (κ3) is 3.05. The number of hydrogen-bond donors (Lipinski definition) is 2. The summed E-state index contributed by atoms with van der Waals surface area (Å²) in [6.45, 7) is 4.33. The fourth-order valence-electron chi connectivity index (χ4n) is 4.85. The molecule has 1 aliphatic carbocycles. The molecule has 4 aromatic rings. The molecule has 2 aromatic carbocycles. The maximum Gasteiger partial charge on any atom is 0.165 e. The van der Waals surface area contributed by atoms with Crippen molar-refractivity contribution in [3.05, 3.63) is 70.8 Å². The fourth-order valence-corrected chi connectivity index (χ4v) is 4.85. The molecule has 0 saturated heterocycles. The highest BCUT2D eigenvalue weighted by Gasteiger charge is 2.35. The summed E-state index contributed by atoms with van der Waals surface area (Å²) in [6.07, 6.45) is 1.46. The molecule has 5 heteroatoms.